The molecule has 1 aromatic rings. The number of aryl methyl sites for hydroxylation is 1. The minimum Gasteiger partial charge on any atom is -0.192 e. The van der Waals surface area contributed by atoms with Crippen LogP contribution in [0.3, 0.4) is 0 Å². The summed E-state index contributed by atoms with van der Waals surface area (Å²) in [5, 5.41) is 8.74. The molecule has 0 N–H and O–H groups in total. The quantitative estimate of drug-likeness (QED) is 0.585. The van der Waals surface area contributed by atoms with Crippen LogP contribution in [0, 0.1) is 11.3 Å². The highest BCUT2D eigenvalue weighted by molar-refractivity contribution is 5.56. The molecule has 0 fully saturated rings. The molecule has 0 spiro atoms. The lowest BCUT2D eigenvalue weighted by molar-refractivity contribution is 0.851. The molecular formula is C12H11N. The van der Waals surface area contributed by atoms with Crippen molar-refractivity contribution in [1.29, 1.82) is 5.26 Å². The second-order valence-corrected chi connectivity index (χ2v) is 3.32. The number of nitriles is 1. The summed E-state index contributed by atoms with van der Waals surface area (Å²) in [5.74, 6) is 0. The molecule has 2 rings (SSSR count). The Bertz CT molecular complexity index is 383. The van der Waals surface area contributed by atoms with Crippen LogP contribution in [0.15, 0.2) is 24.3 Å². The van der Waals surface area contributed by atoms with Gasteiger partial charge in [-0.05, 0) is 42.5 Å². The van der Waals surface area contributed by atoms with E-state index in [1.807, 2.05) is 18.2 Å². The number of nitrogens with zero attached hydrogens (tertiary/aromatic N) is 1. The molecule has 1 nitrogen and oxygen atoms in total. The topological polar surface area (TPSA) is 23.8 Å². The van der Waals surface area contributed by atoms with Crippen molar-refractivity contribution in [3.63, 3.8) is 0 Å². The van der Waals surface area contributed by atoms with Gasteiger partial charge in [-0.15, -0.1) is 0 Å². The minimum absolute atomic E-state index is 0.772. The Kier molecular flexibility index (Phi) is 2.14. The lowest BCUT2D eigenvalue weighted by Gasteiger charge is -2.02. The first-order chi connectivity index (χ1) is 6.40. The van der Waals surface area contributed by atoms with Gasteiger partial charge in [-0.1, -0.05) is 18.2 Å². The predicted octanol–water partition coefficient (Wildman–Crippen LogP) is 2.91. The molecule has 0 saturated carbocycles. The van der Waals surface area contributed by atoms with Gasteiger partial charge in [-0.2, -0.15) is 5.26 Å². The van der Waals surface area contributed by atoms with E-state index in [4.69, 9.17) is 5.26 Å². The molecule has 0 aliphatic heterocycles. The first-order valence-electron chi connectivity index (χ1n) is 4.60. The van der Waals surface area contributed by atoms with Crippen LogP contribution in [0.2, 0.25) is 0 Å². The van der Waals surface area contributed by atoms with Crippen LogP contribution in [-0.2, 0) is 6.42 Å². The van der Waals surface area contributed by atoms with Crippen molar-refractivity contribution in [2.45, 2.75) is 19.3 Å². The molecular weight excluding hydrogens is 158 g/mol. The average molecular weight is 169 g/mol. The number of hydrogen-bond donors (Lipinski definition) is 0. The fraction of sp³-hybridized carbons (Fsp3) is 0.250. The van der Waals surface area contributed by atoms with Crippen LogP contribution in [0.4, 0.5) is 0 Å². The highest BCUT2D eigenvalue weighted by atomic mass is 14.2. The first-order valence-corrected chi connectivity index (χ1v) is 4.60. The molecule has 0 unspecified atom stereocenters. The summed E-state index contributed by atoms with van der Waals surface area (Å²) in [6, 6.07) is 8.10. The van der Waals surface area contributed by atoms with Gasteiger partial charge in [0.2, 0.25) is 0 Å². The summed E-state index contributed by atoms with van der Waals surface area (Å²) in [6.45, 7) is 0. The SMILES string of the molecule is N#Cc1ccc2c(c1)CCCC=C2. The molecule has 0 amide bonds. The highest BCUT2D eigenvalue weighted by Crippen LogP contribution is 2.19. The van der Waals surface area contributed by atoms with Crippen LogP contribution in [-0.4, -0.2) is 0 Å². The Morgan fingerprint density at radius 3 is 3.08 bits per heavy atom. The van der Waals surface area contributed by atoms with Crippen LogP contribution < -0.4 is 0 Å². The normalized spacial score (nSPS) is 14.4. The molecule has 1 aromatic carbocycles. The Labute approximate surface area is 78.3 Å². The van der Waals surface area contributed by atoms with Gasteiger partial charge in [-0.25, -0.2) is 0 Å². The molecule has 0 saturated heterocycles. The van der Waals surface area contributed by atoms with Crippen molar-refractivity contribution in [1.82, 2.24) is 0 Å². The van der Waals surface area contributed by atoms with Crippen molar-refractivity contribution in [3.05, 3.63) is 41.0 Å². The minimum atomic E-state index is 0.772. The maximum Gasteiger partial charge on any atom is 0.0991 e. The summed E-state index contributed by atoms with van der Waals surface area (Å²) < 4.78 is 0. The van der Waals surface area contributed by atoms with E-state index in [0.717, 1.165) is 18.4 Å². The molecule has 0 bridgehead atoms. The van der Waals surface area contributed by atoms with Gasteiger partial charge in [-0.3, -0.25) is 0 Å². The van der Waals surface area contributed by atoms with Gasteiger partial charge in [0, 0.05) is 0 Å². The first kappa shape index (κ1) is 8.07. The smallest absolute Gasteiger partial charge is 0.0991 e. The summed E-state index contributed by atoms with van der Waals surface area (Å²) in [7, 11) is 0. The van der Waals surface area contributed by atoms with E-state index in [1.165, 1.54) is 17.5 Å². The van der Waals surface area contributed by atoms with E-state index in [0.29, 0.717) is 0 Å². The largest absolute Gasteiger partial charge is 0.192 e. The molecule has 0 radical (unpaired) electrons. The summed E-state index contributed by atoms with van der Waals surface area (Å²) in [4.78, 5) is 0. The van der Waals surface area contributed by atoms with Crippen molar-refractivity contribution in [3.8, 4) is 6.07 Å². The summed E-state index contributed by atoms with van der Waals surface area (Å²) in [6.07, 6.45) is 7.80. The third kappa shape index (κ3) is 1.62. The number of rotatable bonds is 0. The van der Waals surface area contributed by atoms with Gasteiger partial charge >= 0.3 is 0 Å². The Morgan fingerprint density at radius 1 is 1.31 bits per heavy atom. The van der Waals surface area contributed by atoms with Crippen LogP contribution in [0.1, 0.15) is 29.5 Å². The zero-order valence-electron chi connectivity index (χ0n) is 7.46. The number of hydrogen-bond acceptors (Lipinski definition) is 1. The van der Waals surface area contributed by atoms with Crippen LogP contribution in [0.25, 0.3) is 6.08 Å². The molecule has 1 aliphatic rings. The van der Waals surface area contributed by atoms with E-state index in [-0.39, 0.29) is 0 Å². The van der Waals surface area contributed by atoms with E-state index in [1.54, 1.807) is 0 Å². The average Bonchev–Trinajstić information content (AvgIpc) is 2.41. The fourth-order valence-electron chi connectivity index (χ4n) is 1.68. The lowest BCUT2D eigenvalue weighted by atomic mass is 10.0. The second kappa shape index (κ2) is 3.45. The number of allylic oxidation sites excluding steroid dienone is 1. The molecule has 64 valence electrons. The zero-order chi connectivity index (χ0) is 9.10. The number of fused-ring (bicyclic) bond motifs is 1. The zero-order valence-corrected chi connectivity index (χ0v) is 7.46. The van der Waals surface area contributed by atoms with Crippen LogP contribution in [0.5, 0.6) is 0 Å². The van der Waals surface area contributed by atoms with Gasteiger partial charge in [0.25, 0.3) is 0 Å². The molecule has 0 heterocycles. The maximum absolute atomic E-state index is 8.74. The highest BCUT2D eigenvalue weighted by Gasteiger charge is 2.03. The predicted molar refractivity (Wildman–Crippen MR) is 53.1 cm³/mol. The fourth-order valence-corrected chi connectivity index (χ4v) is 1.68. The standard InChI is InChI=1S/C12H11N/c13-9-10-6-7-11-4-2-1-3-5-12(11)8-10/h2,4,6-8H,1,3,5H2. The monoisotopic (exact) mass is 169 g/mol. The molecule has 0 atom stereocenters. The molecule has 1 aliphatic carbocycles. The van der Waals surface area contributed by atoms with Gasteiger partial charge in [0.05, 0.1) is 11.6 Å². The van der Waals surface area contributed by atoms with Crippen molar-refractivity contribution < 1.29 is 0 Å². The summed E-state index contributed by atoms with van der Waals surface area (Å²) >= 11 is 0. The van der Waals surface area contributed by atoms with Gasteiger partial charge < -0.3 is 0 Å². The van der Waals surface area contributed by atoms with Gasteiger partial charge in [0.1, 0.15) is 0 Å². The third-order valence-electron chi connectivity index (χ3n) is 2.39. The van der Waals surface area contributed by atoms with E-state index in [9.17, 15) is 0 Å². The summed E-state index contributed by atoms with van der Waals surface area (Å²) in [5.41, 5.74) is 3.36. The van der Waals surface area contributed by atoms with E-state index in [2.05, 4.69) is 18.2 Å². The van der Waals surface area contributed by atoms with Crippen molar-refractivity contribution in [2.24, 2.45) is 0 Å². The molecule has 13 heavy (non-hydrogen) atoms. The third-order valence-corrected chi connectivity index (χ3v) is 2.39. The number of benzene rings is 1. The van der Waals surface area contributed by atoms with E-state index < -0.39 is 0 Å². The van der Waals surface area contributed by atoms with E-state index >= 15 is 0 Å². The van der Waals surface area contributed by atoms with Crippen molar-refractivity contribution >= 4 is 6.08 Å². The maximum atomic E-state index is 8.74. The molecule has 0 aromatic heterocycles. The second-order valence-electron chi connectivity index (χ2n) is 3.32. The Morgan fingerprint density at radius 2 is 2.23 bits per heavy atom. The van der Waals surface area contributed by atoms with Gasteiger partial charge in [0.15, 0.2) is 0 Å². The lowest BCUT2D eigenvalue weighted by Crippen LogP contribution is -1.88. The Balaban J connectivity index is 2.47. The Hall–Kier alpha value is -1.55. The van der Waals surface area contributed by atoms with Crippen molar-refractivity contribution in [2.75, 3.05) is 0 Å². The van der Waals surface area contributed by atoms with Crippen LogP contribution >= 0.6 is 0 Å². The molecule has 1 heteroatoms.